The first-order chi connectivity index (χ1) is 10.8. The number of hydrogen-bond donors (Lipinski definition) is 0. The van der Waals surface area contributed by atoms with Crippen LogP contribution in [-0.4, -0.2) is 43.5 Å². The van der Waals surface area contributed by atoms with Crippen molar-refractivity contribution in [2.45, 2.75) is 45.2 Å². The summed E-state index contributed by atoms with van der Waals surface area (Å²) in [6, 6.07) is 1.60. The predicted molar refractivity (Wildman–Crippen MR) is 84.0 cm³/mol. The maximum absolute atomic E-state index is 12.6. The third kappa shape index (κ3) is 3.01. The molecule has 0 atom stereocenters. The largest absolute Gasteiger partial charge is 0.417 e. The number of carbonyl (C=O) groups excluding carboxylic acids is 2. The quantitative estimate of drug-likeness (QED) is 0.636. The monoisotopic (exact) mass is 336 g/mol. The van der Waals surface area contributed by atoms with Crippen molar-refractivity contribution >= 4 is 29.6 Å². The molecule has 122 valence electrons. The topological polar surface area (TPSA) is 76.8 Å². The van der Waals surface area contributed by atoms with Crippen LogP contribution in [0.1, 0.15) is 44.0 Å². The van der Waals surface area contributed by atoms with Gasteiger partial charge >= 0.3 is 6.09 Å². The number of hydrogen-bond acceptors (Lipinski definition) is 5. The molecule has 2 heterocycles. The Bertz CT molecular complexity index is 777. The van der Waals surface area contributed by atoms with Gasteiger partial charge < -0.3 is 9.64 Å². The number of fused-ring (bicyclic) bond motifs is 1. The number of nitrogens with zero attached hydrogens (tertiary/aromatic N) is 4. The Kier molecular flexibility index (Phi) is 3.75. The van der Waals surface area contributed by atoms with Crippen LogP contribution in [0.15, 0.2) is 12.3 Å². The first-order valence-corrected chi connectivity index (χ1v) is 7.69. The number of carbonyl (C=O) groups is 2. The molecule has 23 heavy (non-hydrogen) atoms. The number of aromatic nitrogens is 3. The lowest BCUT2D eigenvalue weighted by molar-refractivity contribution is 0.0994. The van der Waals surface area contributed by atoms with Crippen molar-refractivity contribution in [1.82, 2.24) is 19.5 Å². The lowest BCUT2D eigenvalue weighted by atomic mass is 10.1. The van der Waals surface area contributed by atoms with Gasteiger partial charge in [0.15, 0.2) is 11.9 Å². The van der Waals surface area contributed by atoms with E-state index >= 15 is 0 Å². The molecule has 0 unspecified atom stereocenters. The highest BCUT2D eigenvalue weighted by Gasteiger charge is 2.40. The molecule has 0 spiro atoms. The van der Waals surface area contributed by atoms with Gasteiger partial charge in [-0.3, -0.25) is 4.79 Å². The number of amides is 1. The molecule has 2 aromatic heterocycles. The fourth-order valence-electron chi connectivity index (χ4n) is 2.52. The molecule has 0 radical (unpaired) electrons. The molecule has 1 amide bonds. The zero-order chi connectivity index (χ0) is 16.8. The molecule has 3 rings (SSSR count). The van der Waals surface area contributed by atoms with Crippen LogP contribution in [-0.2, 0) is 0 Å². The minimum atomic E-state index is -0.466. The lowest BCUT2D eigenvalue weighted by Crippen LogP contribution is -2.48. The average molecular weight is 337 g/mol. The van der Waals surface area contributed by atoms with Gasteiger partial charge in [-0.2, -0.15) is 9.61 Å². The van der Waals surface area contributed by atoms with Gasteiger partial charge in [0.2, 0.25) is 5.88 Å². The van der Waals surface area contributed by atoms with Crippen LogP contribution >= 0.6 is 11.6 Å². The maximum atomic E-state index is 12.6. The third-order valence-corrected chi connectivity index (χ3v) is 3.78. The van der Waals surface area contributed by atoms with Crippen molar-refractivity contribution in [2.75, 3.05) is 0 Å². The summed E-state index contributed by atoms with van der Waals surface area (Å²) in [6.07, 6.45) is 3.45. The Balaban J connectivity index is 1.96. The summed E-state index contributed by atoms with van der Waals surface area (Å²) in [5, 5.41) is 4.16. The second-order valence-corrected chi connectivity index (χ2v) is 6.90. The molecule has 0 saturated heterocycles. The van der Waals surface area contributed by atoms with E-state index in [1.54, 1.807) is 4.90 Å². The molecule has 0 N–H and O–H groups in total. The summed E-state index contributed by atoms with van der Waals surface area (Å²) in [5.74, 6) is 0.132. The molecule has 1 saturated carbocycles. The smallest absolute Gasteiger partial charge is 0.391 e. The van der Waals surface area contributed by atoms with Gasteiger partial charge in [-0.25, -0.2) is 9.78 Å². The Labute approximate surface area is 138 Å². The van der Waals surface area contributed by atoms with Crippen LogP contribution in [0.5, 0.6) is 5.88 Å². The minimum absolute atomic E-state index is 0.123. The summed E-state index contributed by atoms with van der Waals surface area (Å²) < 4.78 is 6.80. The SMILES string of the molecule is CC(C)(C)N(C(=O)Oc1cc(Cl)nc2c(C=O)cnn12)C1CC1. The van der Waals surface area contributed by atoms with Gasteiger partial charge in [-0.1, -0.05) is 11.6 Å². The number of aldehydes is 1. The molecule has 1 fully saturated rings. The van der Waals surface area contributed by atoms with E-state index in [0.29, 0.717) is 6.29 Å². The number of halogens is 1. The van der Waals surface area contributed by atoms with E-state index in [2.05, 4.69) is 10.1 Å². The third-order valence-electron chi connectivity index (χ3n) is 3.59. The van der Waals surface area contributed by atoms with Crippen molar-refractivity contribution in [3.05, 3.63) is 23.0 Å². The second-order valence-electron chi connectivity index (χ2n) is 6.51. The molecule has 0 aromatic carbocycles. The lowest BCUT2D eigenvalue weighted by Gasteiger charge is -2.34. The van der Waals surface area contributed by atoms with Gasteiger partial charge in [0.05, 0.1) is 11.8 Å². The van der Waals surface area contributed by atoms with Crippen LogP contribution in [0.4, 0.5) is 4.79 Å². The summed E-state index contributed by atoms with van der Waals surface area (Å²) in [5.41, 5.74) is 0.176. The minimum Gasteiger partial charge on any atom is -0.391 e. The molecular formula is C15H17ClN4O3. The normalized spacial score (nSPS) is 14.8. The van der Waals surface area contributed by atoms with Crippen molar-refractivity contribution in [2.24, 2.45) is 0 Å². The van der Waals surface area contributed by atoms with Crippen molar-refractivity contribution in [3.8, 4) is 5.88 Å². The summed E-state index contributed by atoms with van der Waals surface area (Å²) in [6.45, 7) is 5.88. The Morgan fingerprint density at radius 2 is 2.17 bits per heavy atom. The van der Waals surface area contributed by atoms with Crippen LogP contribution in [0, 0.1) is 0 Å². The van der Waals surface area contributed by atoms with Crippen molar-refractivity contribution < 1.29 is 14.3 Å². The van der Waals surface area contributed by atoms with E-state index in [4.69, 9.17) is 16.3 Å². The highest BCUT2D eigenvalue weighted by Crippen LogP contribution is 2.33. The molecule has 1 aliphatic carbocycles. The van der Waals surface area contributed by atoms with E-state index in [1.165, 1.54) is 16.8 Å². The van der Waals surface area contributed by atoms with Gasteiger partial charge in [-0.05, 0) is 33.6 Å². The van der Waals surface area contributed by atoms with E-state index < -0.39 is 6.09 Å². The number of ether oxygens (including phenoxy) is 1. The summed E-state index contributed by atoms with van der Waals surface area (Å²) in [7, 11) is 0. The zero-order valence-electron chi connectivity index (χ0n) is 13.1. The molecule has 7 nitrogen and oxygen atoms in total. The predicted octanol–water partition coefficient (Wildman–Crippen LogP) is 2.96. The summed E-state index contributed by atoms with van der Waals surface area (Å²) >= 11 is 5.96. The standard InChI is InChI=1S/C15H17ClN4O3/c1-15(2,3)19(10-4-5-10)14(22)23-12-6-11(16)18-13-9(8-21)7-17-20(12)13/h6-8,10H,4-5H2,1-3H3. The Morgan fingerprint density at radius 3 is 2.74 bits per heavy atom. The summed E-state index contributed by atoms with van der Waals surface area (Å²) in [4.78, 5) is 29.4. The van der Waals surface area contributed by atoms with Crippen LogP contribution < -0.4 is 4.74 Å². The zero-order valence-corrected chi connectivity index (χ0v) is 13.9. The van der Waals surface area contributed by atoms with E-state index in [-0.39, 0.29) is 33.8 Å². The van der Waals surface area contributed by atoms with Crippen molar-refractivity contribution in [3.63, 3.8) is 0 Å². The van der Waals surface area contributed by atoms with Gasteiger partial charge in [-0.15, -0.1) is 0 Å². The fourth-order valence-corrected chi connectivity index (χ4v) is 2.70. The molecule has 8 heteroatoms. The first-order valence-electron chi connectivity index (χ1n) is 7.32. The Morgan fingerprint density at radius 1 is 1.48 bits per heavy atom. The van der Waals surface area contributed by atoms with Gasteiger partial charge in [0, 0.05) is 17.6 Å². The van der Waals surface area contributed by atoms with Crippen molar-refractivity contribution in [1.29, 1.82) is 0 Å². The second kappa shape index (κ2) is 5.49. The van der Waals surface area contributed by atoms with E-state index in [0.717, 1.165) is 12.8 Å². The molecule has 1 aliphatic rings. The fraction of sp³-hybridized carbons (Fsp3) is 0.467. The Hall–Kier alpha value is -2.15. The van der Waals surface area contributed by atoms with Gasteiger partial charge in [0.25, 0.3) is 0 Å². The average Bonchev–Trinajstić information content (AvgIpc) is 3.15. The van der Waals surface area contributed by atoms with Crippen LogP contribution in [0.3, 0.4) is 0 Å². The molecular weight excluding hydrogens is 320 g/mol. The highest BCUT2D eigenvalue weighted by molar-refractivity contribution is 6.29. The molecule has 0 bridgehead atoms. The highest BCUT2D eigenvalue weighted by atomic mass is 35.5. The first kappa shape index (κ1) is 15.7. The molecule has 0 aliphatic heterocycles. The van der Waals surface area contributed by atoms with Gasteiger partial charge in [0.1, 0.15) is 5.15 Å². The van der Waals surface area contributed by atoms with Crippen LogP contribution in [0.2, 0.25) is 5.15 Å². The molecule has 2 aromatic rings. The number of rotatable bonds is 3. The van der Waals surface area contributed by atoms with E-state index in [9.17, 15) is 9.59 Å². The van der Waals surface area contributed by atoms with E-state index in [1.807, 2.05) is 20.8 Å². The maximum Gasteiger partial charge on any atom is 0.417 e. The van der Waals surface area contributed by atoms with Crippen LogP contribution in [0.25, 0.3) is 5.65 Å².